The lowest BCUT2D eigenvalue weighted by Crippen LogP contribution is -2.12. The van der Waals surface area contributed by atoms with E-state index in [4.69, 9.17) is 10.5 Å². The lowest BCUT2D eigenvalue weighted by molar-refractivity contribution is 0.0466. The Morgan fingerprint density at radius 1 is 1.26 bits per heavy atom. The van der Waals surface area contributed by atoms with Gasteiger partial charge in [0, 0.05) is 4.47 Å². The van der Waals surface area contributed by atoms with E-state index >= 15 is 0 Å². The molecule has 0 aliphatic carbocycles. The van der Waals surface area contributed by atoms with E-state index in [-0.39, 0.29) is 18.1 Å². The van der Waals surface area contributed by atoms with E-state index in [9.17, 15) is 4.79 Å². The van der Waals surface area contributed by atoms with Crippen LogP contribution in [0.3, 0.4) is 0 Å². The molecule has 19 heavy (non-hydrogen) atoms. The Balaban J connectivity index is 2.05. The van der Waals surface area contributed by atoms with E-state index in [1.807, 2.05) is 24.3 Å². The van der Waals surface area contributed by atoms with Crippen molar-refractivity contribution in [2.24, 2.45) is 0 Å². The molecular weight excluding hydrogens is 378 g/mol. The number of aromatic nitrogens is 2. The van der Waals surface area contributed by atoms with Gasteiger partial charge in [0.25, 0.3) is 0 Å². The van der Waals surface area contributed by atoms with Gasteiger partial charge in [-0.2, -0.15) is 0 Å². The van der Waals surface area contributed by atoms with Crippen LogP contribution in [0.15, 0.2) is 39.5 Å². The van der Waals surface area contributed by atoms with Crippen molar-refractivity contribution in [3.8, 4) is 0 Å². The minimum Gasteiger partial charge on any atom is -0.456 e. The number of carbonyl (C=O) groups excluding carboxylic acids is 1. The van der Waals surface area contributed by atoms with Crippen LogP contribution in [0.1, 0.15) is 16.1 Å². The smallest absolute Gasteiger partial charge is 0.361 e. The van der Waals surface area contributed by atoms with Gasteiger partial charge in [-0.1, -0.05) is 28.1 Å². The summed E-state index contributed by atoms with van der Waals surface area (Å²) in [5, 5.41) is 0. The number of benzene rings is 1. The molecule has 2 aromatic rings. The molecule has 1 aromatic heterocycles. The van der Waals surface area contributed by atoms with E-state index in [1.54, 1.807) is 0 Å². The predicted molar refractivity (Wildman–Crippen MR) is 77.4 cm³/mol. The van der Waals surface area contributed by atoms with Gasteiger partial charge in [0.15, 0.2) is 11.5 Å². The standard InChI is InChI=1S/C12H9Br2N3O2/c13-8-3-1-7(2-4-8)6-19-12(18)10-11(15)16-5-9(14)17-10/h1-5H,6H2,(H2,15,16). The largest absolute Gasteiger partial charge is 0.456 e. The second-order valence-corrected chi connectivity index (χ2v) is 5.36. The lowest BCUT2D eigenvalue weighted by atomic mass is 10.2. The number of halogens is 2. The third-order valence-corrected chi connectivity index (χ3v) is 3.16. The topological polar surface area (TPSA) is 78.1 Å². The fourth-order valence-corrected chi connectivity index (χ4v) is 1.87. The maximum Gasteiger partial charge on any atom is 0.361 e. The third-order valence-electron chi connectivity index (χ3n) is 2.25. The fourth-order valence-electron chi connectivity index (χ4n) is 1.32. The van der Waals surface area contributed by atoms with E-state index in [0.717, 1.165) is 10.0 Å². The lowest BCUT2D eigenvalue weighted by Gasteiger charge is -2.06. The Morgan fingerprint density at radius 3 is 2.63 bits per heavy atom. The average Bonchev–Trinajstić information content (AvgIpc) is 2.40. The third kappa shape index (κ3) is 3.74. The summed E-state index contributed by atoms with van der Waals surface area (Å²) < 4.78 is 6.52. The molecule has 0 aliphatic heterocycles. The van der Waals surface area contributed by atoms with Crippen molar-refractivity contribution in [1.82, 2.24) is 9.97 Å². The number of anilines is 1. The van der Waals surface area contributed by atoms with E-state index < -0.39 is 5.97 Å². The van der Waals surface area contributed by atoms with Crippen molar-refractivity contribution in [2.45, 2.75) is 6.61 Å². The highest BCUT2D eigenvalue weighted by atomic mass is 79.9. The Morgan fingerprint density at radius 2 is 1.95 bits per heavy atom. The molecule has 1 heterocycles. The summed E-state index contributed by atoms with van der Waals surface area (Å²) in [6.45, 7) is 0.153. The van der Waals surface area contributed by atoms with Crippen LogP contribution < -0.4 is 5.73 Å². The van der Waals surface area contributed by atoms with E-state index in [0.29, 0.717) is 4.60 Å². The van der Waals surface area contributed by atoms with Gasteiger partial charge in [0.1, 0.15) is 11.2 Å². The summed E-state index contributed by atoms with van der Waals surface area (Å²) in [5.41, 5.74) is 6.46. The molecule has 0 saturated heterocycles. The van der Waals surface area contributed by atoms with Crippen molar-refractivity contribution in [1.29, 1.82) is 0 Å². The molecule has 0 aliphatic rings. The zero-order valence-corrected chi connectivity index (χ0v) is 12.8. The number of esters is 1. The minimum absolute atomic E-state index is 0.00601. The normalized spacial score (nSPS) is 10.2. The first kappa shape index (κ1) is 14.0. The van der Waals surface area contributed by atoms with Crippen LogP contribution in [0, 0.1) is 0 Å². The highest BCUT2D eigenvalue weighted by Gasteiger charge is 2.15. The molecule has 0 saturated carbocycles. The molecule has 0 amide bonds. The molecule has 0 spiro atoms. The predicted octanol–water partition coefficient (Wildman–Crippen LogP) is 2.94. The molecule has 1 aromatic carbocycles. The highest BCUT2D eigenvalue weighted by Crippen LogP contribution is 2.14. The molecule has 0 fully saturated rings. The van der Waals surface area contributed by atoms with Crippen molar-refractivity contribution in [2.75, 3.05) is 5.73 Å². The average molecular weight is 387 g/mol. The van der Waals surface area contributed by atoms with Gasteiger partial charge in [-0.3, -0.25) is 0 Å². The summed E-state index contributed by atoms with van der Waals surface area (Å²) in [6.07, 6.45) is 1.42. The molecule has 0 unspecified atom stereocenters. The summed E-state index contributed by atoms with van der Waals surface area (Å²) in [7, 11) is 0. The van der Waals surface area contributed by atoms with Gasteiger partial charge >= 0.3 is 5.97 Å². The summed E-state index contributed by atoms with van der Waals surface area (Å²) in [6, 6.07) is 7.45. The first-order valence-corrected chi connectivity index (χ1v) is 6.84. The van der Waals surface area contributed by atoms with Crippen LogP contribution in [0.2, 0.25) is 0 Å². The number of rotatable bonds is 3. The van der Waals surface area contributed by atoms with Crippen molar-refractivity contribution in [3.63, 3.8) is 0 Å². The Hall–Kier alpha value is -1.47. The first-order chi connectivity index (χ1) is 9.06. The van der Waals surface area contributed by atoms with E-state index in [2.05, 4.69) is 41.8 Å². The van der Waals surface area contributed by atoms with Crippen LogP contribution in [-0.2, 0) is 11.3 Å². The second-order valence-electron chi connectivity index (χ2n) is 3.63. The molecule has 5 nitrogen and oxygen atoms in total. The van der Waals surface area contributed by atoms with Crippen LogP contribution in [0.25, 0.3) is 0 Å². The molecule has 0 atom stereocenters. The van der Waals surface area contributed by atoms with Crippen molar-refractivity contribution in [3.05, 3.63) is 50.8 Å². The van der Waals surface area contributed by atoms with Crippen LogP contribution in [0.4, 0.5) is 5.82 Å². The second kappa shape index (κ2) is 6.12. The molecular formula is C12H9Br2N3O2. The van der Waals surface area contributed by atoms with Crippen LogP contribution in [0.5, 0.6) is 0 Å². The van der Waals surface area contributed by atoms with Gasteiger partial charge in [-0.05, 0) is 33.6 Å². The van der Waals surface area contributed by atoms with Gasteiger partial charge < -0.3 is 10.5 Å². The number of nitrogens with zero attached hydrogens (tertiary/aromatic N) is 2. The molecule has 0 radical (unpaired) electrons. The number of hydrogen-bond donors (Lipinski definition) is 1. The molecule has 7 heteroatoms. The maximum atomic E-state index is 11.8. The molecule has 2 N–H and O–H groups in total. The van der Waals surface area contributed by atoms with Gasteiger partial charge in [0.2, 0.25) is 0 Å². The molecule has 2 rings (SSSR count). The number of ether oxygens (including phenoxy) is 1. The maximum absolute atomic E-state index is 11.8. The Kier molecular flexibility index (Phi) is 4.49. The van der Waals surface area contributed by atoms with Gasteiger partial charge in [-0.25, -0.2) is 14.8 Å². The summed E-state index contributed by atoms with van der Waals surface area (Å²) in [5.74, 6) is -0.557. The quantitative estimate of drug-likeness (QED) is 0.820. The highest BCUT2D eigenvalue weighted by molar-refractivity contribution is 9.10. The first-order valence-electron chi connectivity index (χ1n) is 5.26. The van der Waals surface area contributed by atoms with Crippen molar-refractivity contribution >= 4 is 43.6 Å². The zero-order valence-electron chi connectivity index (χ0n) is 9.64. The monoisotopic (exact) mass is 385 g/mol. The number of nitrogens with two attached hydrogens (primary N) is 1. The van der Waals surface area contributed by atoms with Crippen molar-refractivity contribution < 1.29 is 9.53 Å². The number of carbonyl (C=O) groups is 1. The van der Waals surface area contributed by atoms with E-state index in [1.165, 1.54) is 6.20 Å². The Labute approximate surface area is 126 Å². The van der Waals surface area contributed by atoms with Crippen LogP contribution in [-0.4, -0.2) is 15.9 Å². The number of hydrogen-bond acceptors (Lipinski definition) is 5. The summed E-state index contributed by atoms with van der Waals surface area (Å²) in [4.78, 5) is 19.6. The molecule has 0 bridgehead atoms. The van der Waals surface area contributed by atoms with Crippen LogP contribution >= 0.6 is 31.9 Å². The number of nitrogen functional groups attached to an aromatic ring is 1. The van der Waals surface area contributed by atoms with Gasteiger partial charge in [0.05, 0.1) is 6.20 Å². The van der Waals surface area contributed by atoms with Gasteiger partial charge in [-0.15, -0.1) is 0 Å². The zero-order chi connectivity index (χ0) is 13.8. The summed E-state index contributed by atoms with van der Waals surface area (Å²) >= 11 is 6.46. The SMILES string of the molecule is Nc1ncc(Br)nc1C(=O)OCc1ccc(Br)cc1. The molecule has 98 valence electrons. The fraction of sp³-hybridized carbons (Fsp3) is 0.0833. The minimum atomic E-state index is -0.603. The Bertz CT molecular complexity index is 602.